The summed E-state index contributed by atoms with van der Waals surface area (Å²) in [6.45, 7) is 4.71. The number of carboxylic acids is 1. The lowest BCUT2D eigenvalue weighted by atomic mass is 10.0. The van der Waals surface area contributed by atoms with Crippen molar-refractivity contribution in [2.45, 2.75) is 45.6 Å². The minimum Gasteiger partial charge on any atom is -0.481 e. The Balaban J connectivity index is 1.76. The highest BCUT2D eigenvalue weighted by atomic mass is 16.5. The Morgan fingerprint density at radius 2 is 2.42 bits per heavy atom. The standard InChI is InChI=1S/C13H21N3O3/c1-2-3-12-14-11(15-19-12)9-16-7-6-10(8-16)4-5-13(17)18/h10H,2-9H2,1H3,(H,17,18). The lowest BCUT2D eigenvalue weighted by Crippen LogP contribution is -2.21. The fourth-order valence-electron chi connectivity index (χ4n) is 2.49. The van der Waals surface area contributed by atoms with E-state index in [1.807, 2.05) is 0 Å². The SMILES string of the molecule is CCCc1nc(CN2CCC(CCC(=O)O)C2)no1. The predicted octanol–water partition coefficient (Wildman–Crippen LogP) is 1.71. The van der Waals surface area contributed by atoms with Gasteiger partial charge in [0.05, 0.1) is 6.54 Å². The number of nitrogens with zero attached hydrogens (tertiary/aromatic N) is 3. The van der Waals surface area contributed by atoms with Crippen molar-refractivity contribution < 1.29 is 14.4 Å². The van der Waals surface area contributed by atoms with Crippen molar-refractivity contribution in [3.8, 4) is 0 Å². The molecule has 1 unspecified atom stereocenters. The van der Waals surface area contributed by atoms with Crippen molar-refractivity contribution in [3.05, 3.63) is 11.7 Å². The molecule has 1 aromatic rings. The van der Waals surface area contributed by atoms with E-state index in [1.165, 1.54) is 0 Å². The van der Waals surface area contributed by atoms with Crippen LogP contribution in [0.3, 0.4) is 0 Å². The van der Waals surface area contributed by atoms with Crippen molar-refractivity contribution in [1.29, 1.82) is 0 Å². The van der Waals surface area contributed by atoms with Gasteiger partial charge in [0.2, 0.25) is 5.89 Å². The molecule has 0 radical (unpaired) electrons. The van der Waals surface area contributed by atoms with Gasteiger partial charge in [-0.3, -0.25) is 9.69 Å². The predicted molar refractivity (Wildman–Crippen MR) is 68.5 cm³/mol. The lowest BCUT2D eigenvalue weighted by Gasteiger charge is -2.12. The molecule has 0 aliphatic carbocycles. The van der Waals surface area contributed by atoms with E-state index in [-0.39, 0.29) is 6.42 Å². The minimum atomic E-state index is -0.708. The average molecular weight is 267 g/mol. The van der Waals surface area contributed by atoms with Crippen LogP contribution in [0.5, 0.6) is 0 Å². The number of aliphatic carboxylic acids is 1. The van der Waals surface area contributed by atoms with Crippen LogP contribution in [-0.4, -0.2) is 39.2 Å². The van der Waals surface area contributed by atoms with Gasteiger partial charge >= 0.3 is 5.97 Å². The van der Waals surface area contributed by atoms with Crippen molar-refractivity contribution in [2.75, 3.05) is 13.1 Å². The third-order valence-electron chi connectivity index (χ3n) is 3.48. The van der Waals surface area contributed by atoms with Crippen molar-refractivity contribution >= 4 is 5.97 Å². The molecule has 0 amide bonds. The quantitative estimate of drug-likeness (QED) is 0.810. The topological polar surface area (TPSA) is 79.5 Å². The summed E-state index contributed by atoms with van der Waals surface area (Å²) >= 11 is 0. The van der Waals surface area contributed by atoms with Crippen LogP contribution in [0.15, 0.2) is 4.52 Å². The minimum absolute atomic E-state index is 0.265. The Labute approximate surface area is 112 Å². The first-order chi connectivity index (χ1) is 9.17. The Bertz CT molecular complexity index is 419. The summed E-state index contributed by atoms with van der Waals surface area (Å²) in [6.07, 6.45) is 3.92. The summed E-state index contributed by atoms with van der Waals surface area (Å²) in [5, 5.41) is 12.7. The van der Waals surface area contributed by atoms with Crippen LogP contribution in [0.4, 0.5) is 0 Å². The second-order valence-corrected chi connectivity index (χ2v) is 5.18. The number of hydrogen-bond acceptors (Lipinski definition) is 5. The zero-order valence-corrected chi connectivity index (χ0v) is 11.3. The van der Waals surface area contributed by atoms with E-state index in [2.05, 4.69) is 22.0 Å². The monoisotopic (exact) mass is 267 g/mol. The fraction of sp³-hybridized carbons (Fsp3) is 0.769. The molecule has 1 saturated heterocycles. The Morgan fingerprint density at radius 3 is 3.16 bits per heavy atom. The van der Waals surface area contributed by atoms with Gasteiger partial charge in [0.25, 0.3) is 0 Å². The third kappa shape index (κ3) is 4.31. The van der Waals surface area contributed by atoms with Gasteiger partial charge < -0.3 is 9.63 Å². The second kappa shape index (κ2) is 6.65. The van der Waals surface area contributed by atoms with Gasteiger partial charge in [0, 0.05) is 19.4 Å². The van der Waals surface area contributed by atoms with Gasteiger partial charge in [-0.15, -0.1) is 0 Å². The maximum atomic E-state index is 10.5. The molecule has 2 rings (SSSR count). The largest absolute Gasteiger partial charge is 0.481 e. The van der Waals surface area contributed by atoms with Gasteiger partial charge in [-0.25, -0.2) is 0 Å². The van der Waals surface area contributed by atoms with E-state index in [1.54, 1.807) is 0 Å². The number of aromatic nitrogens is 2. The highest BCUT2D eigenvalue weighted by Gasteiger charge is 2.24. The summed E-state index contributed by atoms with van der Waals surface area (Å²) in [5.41, 5.74) is 0. The molecule has 0 bridgehead atoms. The van der Waals surface area contributed by atoms with Crippen LogP contribution >= 0.6 is 0 Å². The number of aryl methyl sites for hydroxylation is 1. The number of carbonyl (C=O) groups is 1. The summed E-state index contributed by atoms with van der Waals surface area (Å²) in [6, 6.07) is 0. The molecule has 1 fully saturated rings. The maximum absolute atomic E-state index is 10.5. The van der Waals surface area contributed by atoms with Crippen LogP contribution in [0.2, 0.25) is 0 Å². The molecule has 1 atom stereocenters. The number of likely N-dealkylation sites (tertiary alicyclic amines) is 1. The molecule has 1 aliphatic heterocycles. The summed E-state index contributed by atoms with van der Waals surface area (Å²) < 4.78 is 5.16. The fourth-order valence-corrected chi connectivity index (χ4v) is 2.49. The van der Waals surface area contributed by atoms with Crippen molar-refractivity contribution in [1.82, 2.24) is 15.0 Å². The van der Waals surface area contributed by atoms with E-state index in [0.29, 0.717) is 18.4 Å². The number of carboxylic acid groups (broad SMARTS) is 1. The smallest absolute Gasteiger partial charge is 0.303 e. The molecule has 6 heteroatoms. The number of rotatable bonds is 7. The molecular weight excluding hydrogens is 246 g/mol. The van der Waals surface area contributed by atoms with Crippen LogP contribution < -0.4 is 0 Å². The van der Waals surface area contributed by atoms with Gasteiger partial charge in [-0.05, 0) is 31.7 Å². The van der Waals surface area contributed by atoms with Crippen molar-refractivity contribution in [3.63, 3.8) is 0 Å². The Hall–Kier alpha value is -1.43. The molecule has 0 spiro atoms. The summed E-state index contributed by atoms with van der Waals surface area (Å²) in [7, 11) is 0. The third-order valence-corrected chi connectivity index (χ3v) is 3.48. The van der Waals surface area contributed by atoms with Crippen LogP contribution in [0.25, 0.3) is 0 Å². The molecule has 2 heterocycles. The highest BCUT2D eigenvalue weighted by Crippen LogP contribution is 2.22. The molecule has 0 saturated carbocycles. The average Bonchev–Trinajstić information content (AvgIpc) is 2.98. The van der Waals surface area contributed by atoms with Gasteiger partial charge in [-0.1, -0.05) is 12.1 Å². The second-order valence-electron chi connectivity index (χ2n) is 5.18. The zero-order chi connectivity index (χ0) is 13.7. The lowest BCUT2D eigenvalue weighted by molar-refractivity contribution is -0.137. The first-order valence-corrected chi connectivity index (χ1v) is 6.93. The molecule has 1 aliphatic rings. The van der Waals surface area contributed by atoms with Gasteiger partial charge in [0.1, 0.15) is 0 Å². The Morgan fingerprint density at radius 1 is 1.58 bits per heavy atom. The van der Waals surface area contributed by atoms with E-state index in [4.69, 9.17) is 9.63 Å². The number of hydrogen-bond donors (Lipinski definition) is 1. The van der Waals surface area contributed by atoms with E-state index in [0.717, 1.165) is 44.6 Å². The zero-order valence-electron chi connectivity index (χ0n) is 11.3. The molecule has 1 N–H and O–H groups in total. The van der Waals surface area contributed by atoms with Gasteiger partial charge in [0.15, 0.2) is 5.82 Å². The molecule has 0 aromatic carbocycles. The first kappa shape index (κ1) is 14.0. The molecule has 6 nitrogen and oxygen atoms in total. The van der Waals surface area contributed by atoms with Crippen LogP contribution in [-0.2, 0) is 17.8 Å². The summed E-state index contributed by atoms with van der Waals surface area (Å²) in [4.78, 5) is 17.2. The van der Waals surface area contributed by atoms with E-state index in [9.17, 15) is 4.79 Å². The van der Waals surface area contributed by atoms with Crippen molar-refractivity contribution in [2.24, 2.45) is 5.92 Å². The van der Waals surface area contributed by atoms with Crippen LogP contribution in [0.1, 0.15) is 44.3 Å². The normalized spacial score (nSPS) is 19.9. The van der Waals surface area contributed by atoms with E-state index >= 15 is 0 Å². The van der Waals surface area contributed by atoms with Gasteiger partial charge in [-0.2, -0.15) is 4.98 Å². The molecule has 1 aromatic heterocycles. The highest BCUT2D eigenvalue weighted by molar-refractivity contribution is 5.66. The molecular formula is C13H21N3O3. The maximum Gasteiger partial charge on any atom is 0.303 e. The molecule has 19 heavy (non-hydrogen) atoms. The van der Waals surface area contributed by atoms with Crippen LogP contribution in [0, 0.1) is 5.92 Å². The Kier molecular flexibility index (Phi) is 4.90. The van der Waals surface area contributed by atoms with E-state index < -0.39 is 5.97 Å². The summed E-state index contributed by atoms with van der Waals surface area (Å²) in [5.74, 6) is 1.22. The first-order valence-electron chi connectivity index (χ1n) is 6.93. The molecule has 106 valence electrons.